The zero-order chi connectivity index (χ0) is 19.0. The summed E-state index contributed by atoms with van der Waals surface area (Å²) < 4.78 is 10.6. The number of nitrogens with one attached hydrogen (secondary N) is 1. The molecule has 138 valence electrons. The highest BCUT2D eigenvalue weighted by atomic mass is 16.7. The fourth-order valence-electron chi connectivity index (χ4n) is 3.33. The van der Waals surface area contributed by atoms with Gasteiger partial charge in [-0.1, -0.05) is 36.4 Å². The van der Waals surface area contributed by atoms with Crippen molar-refractivity contribution in [3.8, 4) is 11.5 Å². The molecule has 0 saturated carbocycles. The Labute approximate surface area is 155 Å². The minimum atomic E-state index is -1.12. The number of hydrogen-bond donors (Lipinski definition) is 1. The highest BCUT2D eigenvalue weighted by Gasteiger charge is 2.48. The van der Waals surface area contributed by atoms with Crippen LogP contribution in [0.1, 0.15) is 22.8 Å². The molecule has 1 N–H and O–H groups in total. The number of fused-ring (bicyclic) bond motifs is 1. The third kappa shape index (κ3) is 3.12. The van der Waals surface area contributed by atoms with Crippen molar-refractivity contribution >= 4 is 17.7 Å². The number of nitrogens with zero attached hydrogens (tertiary/aromatic N) is 1. The van der Waals surface area contributed by atoms with Crippen LogP contribution in [-0.2, 0) is 11.2 Å². The number of carbonyl (C=O) groups is 3. The van der Waals surface area contributed by atoms with E-state index >= 15 is 0 Å². The van der Waals surface area contributed by atoms with Gasteiger partial charge in [0.2, 0.25) is 6.79 Å². The first kappa shape index (κ1) is 17.1. The number of imide groups is 1. The summed E-state index contributed by atoms with van der Waals surface area (Å²) in [5.74, 6) is 0.561. The number of Topliss-reactive ketones (excluding diaryl/α,β-unsaturated/α-hetero) is 1. The molecule has 1 atom stereocenters. The van der Waals surface area contributed by atoms with Crippen LogP contribution in [0.2, 0.25) is 0 Å². The summed E-state index contributed by atoms with van der Waals surface area (Å²) >= 11 is 0. The van der Waals surface area contributed by atoms with Gasteiger partial charge >= 0.3 is 6.03 Å². The molecule has 0 unspecified atom stereocenters. The maximum absolute atomic E-state index is 12.9. The molecule has 1 fully saturated rings. The van der Waals surface area contributed by atoms with Crippen LogP contribution in [0.3, 0.4) is 0 Å². The molecule has 4 rings (SSSR count). The maximum Gasteiger partial charge on any atom is 0.325 e. The fraction of sp³-hybridized carbons (Fsp3) is 0.250. The van der Waals surface area contributed by atoms with Crippen LogP contribution >= 0.6 is 0 Å². The molecule has 1 saturated heterocycles. The third-order valence-corrected chi connectivity index (χ3v) is 4.74. The minimum Gasteiger partial charge on any atom is -0.454 e. The Kier molecular flexibility index (Phi) is 4.07. The largest absolute Gasteiger partial charge is 0.454 e. The second-order valence-corrected chi connectivity index (χ2v) is 6.81. The summed E-state index contributed by atoms with van der Waals surface area (Å²) in [7, 11) is 0. The Hall–Kier alpha value is -3.35. The maximum atomic E-state index is 12.9. The summed E-state index contributed by atoms with van der Waals surface area (Å²) in [6, 6.07) is 13.4. The molecule has 0 spiro atoms. The lowest BCUT2D eigenvalue weighted by Crippen LogP contribution is -2.46. The van der Waals surface area contributed by atoms with E-state index in [-0.39, 0.29) is 25.5 Å². The van der Waals surface area contributed by atoms with E-state index in [2.05, 4.69) is 5.32 Å². The van der Waals surface area contributed by atoms with Gasteiger partial charge < -0.3 is 14.8 Å². The molecule has 2 aromatic carbocycles. The van der Waals surface area contributed by atoms with Crippen molar-refractivity contribution in [1.82, 2.24) is 10.2 Å². The fourth-order valence-corrected chi connectivity index (χ4v) is 3.33. The molecule has 2 aliphatic heterocycles. The van der Waals surface area contributed by atoms with Gasteiger partial charge in [0.15, 0.2) is 17.3 Å². The zero-order valence-corrected chi connectivity index (χ0v) is 14.7. The zero-order valence-electron chi connectivity index (χ0n) is 14.7. The average Bonchev–Trinajstić information content (AvgIpc) is 3.20. The number of rotatable bonds is 5. The number of ketones is 1. The van der Waals surface area contributed by atoms with Gasteiger partial charge in [0.05, 0.1) is 6.54 Å². The van der Waals surface area contributed by atoms with Gasteiger partial charge in [-0.15, -0.1) is 0 Å². The van der Waals surface area contributed by atoms with E-state index in [9.17, 15) is 14.4 Å². The molecule has 0 radical (unpaired) electrons. The van der Waals surface area contributed by atoms with E-state index in [4.69, 9.17) is 9.47 Å². The second-order valence-electron chi connectivity index (χ2n) is 6.81. The molecule has 27 heavy (non-hydrogen) atoms. The Bertz CT molecular complexity index is 927. The summed E-state index contributed by atoms with van der Waals surface area (Å²) in [4.78, 5) is 38.6. The van der Waals surface area contributed by atoms with E-state index in [1.807, 2.05) is 6.07 Å². The van der Waals surface area contributed by atoms with Gasteiger partial charge in [0.1, 0.15) is 5.54 Å². The highest BCUT2D eigenvalue weighted by Crippen LogP contribution is 2.34. The van der Waals surface area contributed by atoms with Gasteiger partial charge in [-0.05, 0) is 24.6 Å². The summed E-state index contributed by atoms with van der Waals surface area (Å²) in [5.41, 5.74) is 0.163. The number of amides is 3. The van der Waals surface area contributed by atoms with Gasteiger partial charge in [0, 0.05) is 12.0 Å². The van der Waals surface area contributed by atoms with Crippen molar-refractivity contribution in [2.75, 3.05) is 13.3 Å². The van der Waals surface area contributed by atoms with Crippen LogP contribution < -0.4 is 14.8 Å². The summed E-state index contributed by atoms with van der Waals surface area (Å²) in [6.07, 6.45) is 0.282. The first-order chi connectivity index (χ1) is 13.0. The topological polar surface area (TPSA) is 84.9 Å². The van der Waals surface area contributed by atoms with Crippen LogP contribution in [0.4, 0.5) is 4.79 Å². The molecule has 2 heterocycles. The number of ether oxygens (including phenoxy) is 2. The predicted octanol–water partition coefficient (Wildman–Crippen LogP) is 2.15. The Morgan fingerprint density at radius 2 is 1.85 bits per heavy atom. The average molecular weight is 366 g/mol. The van der Waals surface area contributed by atoms with E-state index < -0.39 is 17.5 Å². The lowest BCUT2D eigenvalue weighted by atomic mass is 9.92. The van der Waals surface area contributed by atoms with Gasteiger partial charge in [0.25, 0.3) is 5.91 Å². The lowest BCUT2D eigenvalue weighted by Gasteiger charge is -2.21. The van der Waals surface area contributed by atoms with Crippen molar-refractivity contribution in [1.29, 1.82) is 0 Å². The van der Waals surface area contributed by atoms with Crippen molar-refractivity contribution in [2.45, 2.75) is 18.9 Å². The van der Waals surface area contributed by atoms with Crippen LogP contribution in [0.5, 0.6) is 11.5 Å². The Morgan fingerprint density at radius 1 is 1.11 bits per heavy atom. The number of benzene rings is 2. The molecule has 2 aromatic rings. The lowest BCUT2D eigenvalue weighted by molar-refractivity contribution is -0.130. The molecule has 0 aliphatic carbocycles. The quantitative estimate of drug-likeness (QED) is 0.647. The molecule has 0 bridgehead atoms. The van der Waals surface area contributed by atoms with Crippen molar-refractivity contribution in [2.24, 2.45) is 0 Å². The number of urea groups is 1. The molecular formula is C20H18N2O5. The van der Waals surface area contributed by atoms with Crippen LogP contribution in [-0.4, -0.2) is 41.5 Å². The summed E-state index contributed by atoms with van der Waals surface area (Å²) in [5, 5.41) is 2.72. The van der Waals surface area contributed by atoms with Crippen LogP contribution in [0.15, 0.2) is 48.5 Å². The first-order valence-corrected chi connectivity index (χ1v) is 8.57. The molecule has 7 nitrogen and oxygen atoms in total. The predicted molar refractivity (Wildman–Crippen MR) is 95.7 cm³/mol. The first-order valence-electron chi connectivity index (χ1n) is 8.57. The van der Waals surface area contributed by atoms with E-state index in [0.29, 0.717) is 17.1 Å². The molecule has 3 amide bonds. The van der Waals surface area contributed by atoms with Crippen molar-refractivity contribution in [3.63, 3.8) is 0 Å². The number of carbonyl (C=O) groups excluding carboxylic acids is 3. The standard InChI is InChI=1S/C20H18N2O5/c1-20(10-13-7-8-16-17(9-13)27-12-26-16)18(24)22(19(25)21-20)11-15(23)14-5-3-2-4-6-14/h2-9H,10-12H2,1H3,(H,21,25)/t20-/m0/s1. The minimum absolute atomic E-state index is 0.168. The van der Waals surface area contributed by atoms with Gasteiger partial charge in [-0.25, -0.2) is 4.79 Å². The SMILES string of the molecule is C[C@@]1(Cc2ccc3c(c2)OCO3)NC(=O)N(CC(=O)c2ccccc2)C1=O. The number of hydrogen-bond acceptors (Lipinski definition) is 5. The van der Waals surface area contributed by atoms with Gasteiger partial charge in [-0.3, -0.25) is 14.5 Å². The van der Waals surface area contributed by atoms with E-state index in [0.717, 1.165) is 10.5 Å². The van der Waals surface area contributed by atoms with Crippen LogP contribution in [0.25, 0.3) is 0 Å². The van der Waals surface area contributed by atoms with E-state index in [1.165, 1.54) is 0 Å². The van der Waals surface area contributed by atoms with Crippen molar-refractivity contribution < 1.29 is 23.9 Å². The highest BCUT2D eigenvalue weighted by molar-refractivity contribution is 6.11. The molecular weight excluding hydrogens is 348 g/mol. The smallest absolute Gasteiger partial charge is 0.325 e. The molecule has 0 aromatic heterocycles. The third-order valence-electron chi connectivity index (χ3n) is 4.74. The van der Waals surface area contributed by atoms with Gasteiger partial charge in [-0.2, -0.15) is 0 Å². The summed E-state index contributed by atoms with van der Waals surface area (Å²) in [6.45, 7) is 1.54. The molecule has 2 aliphatic rings. The normalized spacial score (nSPS) is 20.7. The Morgan fingerprint density at radius 3 is 2.63 bits per heavy atom. The van der Waals surface area contributed by atoms with Crippen LogP contribution in [0, 0.1) is 0 Å². The second kappa shape index (κ2) is 6.42. The monoisotopic (exact) mass is 366 g/mol. The van der Waals surface area contributed by atoms with E-state index in [1.54, 1.807) is 49.4 Å². The Balaban J connectivity index is 1.50. The van der Waals surface area contributed by atoms with Crippen molar-refractivity contribution in [3.05, 3.63) is 59.7 Å². The molecule has 7 heteroatoms.